The number of benzene rings is 1. The van der Waals surface area contributed by atoms with Crippen LogP contribution in [0, 0.1) is 11.7 Å². The lowest BCUT2D eigenvalue weighted by atomic mass is 9.93. The summed E-state index contributed by atoms with van der Waals surface area (Å²) in [6.45, 7) is 0.997. The maximum Gasteiger partial charge on any atom is 0.332 e. The Morgan fingerprint density at radius 2 is 1.86 bits per heavy atom. The summed E-state index contributed by atoms with van der Waals surface area (Å²) in [6.07, 6.45) is 7.04. The van der Waals surface area contributed by atoms with Gasteiger partial charge in [0.25, 0.3) is 5.56 Å². The largest absolute Gasteiger partial charge is 0.353 e. The van der Waals surface area contributed by atoms with Gasteiger partial charge >= 0.3 is 5.69 Å². The maximum atomic E-state index is 14.8. The summed E-state index contributed by atoms with van der Waals surface area (Å²) in [5.41, 5.74) is -0.393. The fraction of sp³-hybridized carbons (Fsp3) is 0.538. The second-order valence-electron chi connectivity index (χ2n) is 10.2. The van der Waals surface area contributed by atoms with Crippen LogP contribution in [0.1, 0.15) is 50.5 Å². The van der Waals surface area contributed by atoms with Gasteiger partial charge in [-0.2, -0.15) is 4.98 Å². The zero-order valence-electron chi connectivity index (χ0n) is 21.2. The third-order valence-corrected chi connectivity index (χ3v) is 8.09. The van der Waals surface area contributed by atoms with Gasteiger partial charge in [0.05, 0.1) is 12.5 Å². The van der Waals surface area contributed by atoms with Crippen molar-refractivity contribution in [3.05, 3.63) is 55.4 Å². The number of rotatable bonds is 5. The van der Waals surface area contributed by atoms with E-state index in [1.54, 1.807) is 17.7 Å². The molecule has 9 nitrogen and oxygen atoms in total. The van der Waals surface area contributed by atoms with Crippen LogP contribution < -0.4 is 21.5 Å². The maximum absolute atomic E-state index is 14.8. The topological polar surface area (TPSA) is 94.2 Å². The van der Waals surface area contributed by atoms with E-state index in [4.69, 9.17) is 16.6 Å². The Bertz CT molecular complexity index is 1430. The number of anilines is 1. The second kappa shape index (κ2) is 10.3. The molecule has 1 aromatic carbocycles. The minimum Gasteiger partial charge on any atom is -0.353 e. The number of aryl methyl sites for hydroxylation is 1. The molecule has 1 atom stereocenters. The SMILES string of the molecule is Cn1c(=O)c2c(nc(N3CCCC(C(=O)NC4CCCCC4)C3)n2Cc2c(F)cccc2Cl)n(C)c1=O. The summed E-state index contributed by atoms with van der Waals surface area (Å²) in [6, 6.07) is 4.67. The molecule has 0 bridgehead atoms. The minimum atomic E-state index is -0.520. The molecule has 5 rings (SSSR count). The summed E-state index contributed by atoms with van der Waals surface area (Å²) in [4.78, 5) is 45.7. The highest BCUT2D eigenvalue weighted by Gasteiger charge is 2.31. The highest BCUT2D eigenvalue weighted by molar-refractivity contribution is 6.31. The van der Waals surface area contributed by atoms with Crippen molar-refractivity contribution in [3.63, 3.8) is 0 Å². The third-order valence-electron chi connectivity index (χ3n) is 7.73. The Hall–Kier alpha value is -3.14. The quantitative estimate of drug-likeness (QED) is 0.547. The van der Waals surface area contributed by atoms with Crippen LogP contribution in [-0.2, 0) is 25.4 Å². The molecular weight excluding hydrogens is 499 g/mol. The van der Waals surface area contributed by atoms with Crippen LogP contribution in [0.3, 0.4) is 0 Å². The standard InChI is InChI=1S/C26H32ClFN6O3/c1-31-22-21(24(36)32(2)26(31)37)34(15-18-19(27)11-6-12-20(18)28)25(30-22)33-13-7-8-16(14-33)23(35)29-17-9-4-3-5-10-17/h6,11-12,16-17H,3-5,7-10,13-15H2,1-2H3,(H,29,35). The lowest BCUT2D eigenvalue weighted by molar-refractivity contribution is -0.126. The first kappa shape index (κ1) is 25.5. The predicted molar refractivity (Wildman–Crippen MR) is 141 cm³/mol. The summed E-state index contributed by atoms with van der Waals surface area (Å²) in [5, 5.41) is 3.47. The van der Waals surface area contributed by atoms with Crippen LogP contribution in [0.25, 0.3) is 11.2 Å². The zero-order chi connectivity index (χ0) is 26.3. The molecule has 2 aliphatic rings. The Morgan fingerprint density at radius 1 is 1.11 bits per heavy atom. The van der Waals surface area contributed by atoms with E-state index in [9.17, 15) is 18.8 Å². The molecule has 1 unspecified atom stereocenters. The van der Waals surface area contributed by atoms with E-state index >= 15 is 0 Å². The molecule has 2 fully saturated rings. The van der Waals surface area contributed by atoms with Crippen LogP contribution in [0.4, 0.5) is 10.3 Å². The molecule has 0 spiro atoms. The number of aromatic nitrogens is 4. The summed E-state index contributed by atoms with van der Waals surface area (Å²) in [7, 11) is 2.96. The number of imidazole rings is 1. The van der Waals surface area contributed by atoms with Gasteiger partial charge in [-0.3, -0.25) is 23.3 Å². The first-order valence-corrected chi connectivity index (χ1v) is 13.3. The normalized spacial score (nSPS) is 18.9. The van der Waals surface area contributed by atoms with Gasteiger partial charge in [0.1, 0.15) is 5.82 Å². The summed E-state index contributed by atoms with van der Waals surface area (Å²) < 4.78 is 18.8. The number of carbonyl (C=O) groups excluding carboxylic acids is 1. The van der Waals surface area contributed by atoms with Crippen LogP contribution in [-0.4, -0.2) is 43.7 Å². The van der Waals surface area contributed by atoms with Crippen LogP contribution in [0.2, 0.25) is 5.02 Å². The van der Waals surface area contributed by atoms with Crippen molar-refractivity contribution in [2.45, 2.75) is 57.5 Å². The molecule has 1 saturated heterocycles. The van der Waals surface area contributed by atoms with Crippen molar-refractivity contribution in [2.24, 2.45) is 20.0 Å². The zero-order valence-corrected chi connectivity index (χ0v) is 21.9. The molecule has 3 heterocycles. The predicted octanol–water partition coefficient (Wildman–Crippen LogP) is 2.94. The van der Waals surface area contributed by atoms with E-state index in [1.807, 2.05) is 4.90 Å². The first-order chi connectivity index (χ1) is 17.8. The fourth-order valence-electron chi connectivity index (χ4n) is 5.61. The van der Waals surface area contributed by atoms with Crippen LogP contribution in [0.15, 0.2) is 27.8 Å². The van der Waals surface area contributed by atoms with E-state index in [1.165, 1.54) is 30.2 Å². The lowest BCUT2D eigenvalue weighted by Crippen LogP contribution is -2.47. The van der Waals surface area contributed by atoms with Gasteiger partial charge < -0.3 is 10.2 Å². The number of hydrogen-bond donors (Lipinski definition) is 1. The fourth-order valence-corrected chi connectivity index (χ4v) is 5.83. The number of hydrogen-bond acceptors (Lipinski definition) is 5. The van der Waals surface area contributed by atoms with Crippen molar-refractivity contribution in [1.82, 2.24) is 24.0 Å². The van der Waals surface area contributed by atoms with Crippen molar-refractivity contribution < 1.29 is 9.18 Å². The molecule has 1 N–H and O–H groups in total. The Balaban J connectivity index is 1.55. The molecule has 2 aromatic heterocycles. The van der Waals surface area contributed by atoms with E-state index in [0.717, 1.165) is 43.1 Å². The van der Waals surface area contributed by atoms with Gasteiger partial charge in [-0.15, -0.1) is 0 Å². The van der Waals surface area contributed by atoms with Gasteiger partial charge in [-0.25, -0.2) is 9.18 Å². The number of nitrogens with zero attached hydrogens (tertiary/aromatic N) is 5. The van der Waals surface area contributed by atoms with E-state index in [-0.39, 0.29) is 46.2 Å². The van der Waals surface area contributed by atoms with E-state index in [0.29, 0.717) is 19.0 Å². The van der Waals surface area contributed by atoms with E-state index in [2.05, 4.69) is 5.32 Å². The molecule has 1 aliphatic heterocycles. The molecule has 37 heavy (non-hydrogen) atoms. The highest BCUT2D eigenvalue weighted by atomic mass is 35.5. The average Bonchev–Trinajstić information content (AvgIpc) is 3.28. The van der Waals surface area contributed by atoms with E-state index < -0.39 is 17.1 Å². The number of carbonyl (C=O) groups is 1. The van der Waals surface area contributed by atoms with Crippen molar-refractivity contribution in [2.75, 3.05) is 18.0 Å². The van der Waals surface area contributed by atoms with Gasteiger partial charge in [-0.1, -0.05) is 36.9 Å². The van der Waals surface area contributed by atoms with Gasteiger partial charge in [0.15, 0.2) is 11.2 Å². The Kier molecular flexibility index (Phi) is 7.11. The summed E-state index contributed by atoms with van der Waals surface area (Å²) in [5.74, 6) is -0.263. The Labute approximate surface area is 218 Å². The van der Waals surface area contributed by atoms with Gasteiger partial charge in [0.2, 0.25) is 11.9 Å². The van der Waals surface area contributed by atoms with Crippen LogP contribution >= 0.6 is 11.6 Å². The smallest absolute Gasteiger partial charge is 0.332 e. The van der Waals surface area contributed by atoms with Crippen molar-refractivity contribution in [3.8, 4) is 0 Å². The van der Waals surface area contributed by atoms with Gasteiger partial charge in [-0.05, 0) is 37.8 Å². The van der Waals surface area contributed by atoms with Gasteiger partial charge in [0, 0.05) is 43.8 Å². The molecule has 0 radical (unpaired) electrons. The average molecular weight is 531 g/mol. The number of fused-ring (bicyclic) bond motifs is 1. The number of amides is 1. The first-order valence-electron chi connectivity index (χ1n) is 12.9. The summed E-state index contributed by atoms with van der Waals surface area (Å²) >= 11 is 6.34. The molecule has 3 aromatic rings. The second-order valence-corrected chi connectivity index (χ2v) is 10.6. The number of piperidine rings is 1. The molecule has 11 heteroatoms. The molecule has 1 saturated carbocycles. The molecule has 1 amide bonds. The van der Waals surface area contributed by atoms with Crippen molar-refractivity contribution >= 4 is 34.6 Å². The number of halogens is 2. The number of nitrogens with one attached hydrogen (secondary N) is 1. The molecule has 198 valence electrons. The highest BCUT2D eigenvalue weighted by Crippen LogP contribution is 2.29. The monoisotopic (exact) mass is 530 g/mol. The third kappa shape index (κ3) is 4.79. The van der Waals surface area contributed by atoms with Crippen molar-refractivity contribution in [1.29, 1.82) is 0 Å². The molecular formula is C26H32ClFN6O3. The molecule has 1 aliphatic carbocycles. The van der Waals surface area contributed by atoms with Crippen LogP contribution in [0.5, 0.6) is 0 Å². The minimum absolute atomic E-state index is 0.0414. The lowest BCUT2D eigenvalue weighted by Gasteiger charge is -2.34. The Morgan fingerprint density at radius 3 is 2.59 bits per heavy atom.